The van der Waals surface area contributed by atoms with Crippen LogP contribution in [0.3, 0.4) is 0 Å². The van der Waals surface area contributed by atoms with Crippen molar-refractivity contribution in [3.05, 3.63) is 106 Å². The summed E-state index contributed by atoms with van der Waals surface area (Å²) in [5.74, 6) is 0.813. The minimum absolute atomic E-state index is 0. The normalized spacial score (nSPS) is 19.5. The second kappa shape index (κ2) is 8.24. The molecule has 3 aliphatic carbocycles. The zero-order valence-electron chi connectivity index (χ0n) is 17.3. The van der Waals surface area contributed by atoms with Crippen LogP contribution in [0.5, 0.6) is 0 Å². The van der Waals surface area contributed by atoms with Crippen LogP contribution in [0.25, 0.3) is 11.1 Å². The molecular formula is C27H25HfSi-. The summed E-state index contributed by atoms with van der Waals surface area (Å²) in [4.78, 5) is 0. The van der Waals surface area contributed by atoms with Gasteiger partial charge in [-0.15, -0.1) is 35.0 Å². The van der Waals surface area contributed by atoms with Gasteiger partial charge in [-0.2, -0.15) is 11.1 Å². The zero-order chi connectivity index (χ0) is 19.3. The Bertz CT molecular complexity index is 1080. The SMILES string of the molecule is CC1=[C-]C2=CC=CCC(C=[Si](C)C)C2=C1C1c2ccccc2-c2ccccc21.[Hf]. The Morgan fingerprint density at radius 2 is 1.55 bits per heavy atom. The molecule has 2 aromatic rings. The largest absolute Gasteiger partial charge is 0.154 e. The van der Waals surface area contributed by atoms with Crippen molar-refractivity contribution in [1.82, 2.24) is 0 Å². The van der Waals surface area contributed by atoms with Gasteiger partial charge in [-0.05, 0) is 48.9 Å². The molecule has 0 saturated carbocycles. The fraction of sp³-hybridized carbons (Fsp3) is 0.222. The van der Waals surface area contributed by atoms with Gasteiger partial charge in [-0.25, -0.2) is 0 Å². The Labute approximate surface area is 194 Å². The van der Waals surface area contributed by atoms with Gasteiger partial charge in [-0.1, -0.05) is 74.6 Å². The summed E-state index contributed by atoms with van der Waals surface area (Å²) in [6.45, 7) is 7.04. The number of hydrogen-bond acceptors (Lipinski definition) is 0. The van der Waals surface area contributed by atoms with E-state index in [0.29, 0.717) is 11.8 Å². The van der Waals surface area contributed by atoms with Crippen LogP contribution >= 0.6 is 0 Å². The molecule has 0 nitrogen and oxygen atoms in total. The third-order valence-electron chi connectivity index (χ3n) is 6.12. The fourth-order valence-electron chi connectivity index (χ4n) is 5.11. The van der Waals surface area contributed by atoms with Gasteiger partial charge in [0.05, 0.1) is 0 Å². The number of rotatable bonds is 2. The van der Waals surface area contributed by atoms with Crippen molar-refractivity contribution in [2.24, 2.45) is 5.92 Å². The summed E-state index contributed by atoms with van der Waals surface area (Å²) in [6, 6.07) is 17.9. The van der Waals surface area contributed by atoms with Crippen molar-refractivity contribution in [3.8, 4) is 11.1 Å². The van der Waals surface area contributed by atoms with E-state index in [1.807, 2.05) is 0 Å². The van der Waals surface area contributed by atoms with Crippen LogP contribution in [0, 0.1) is 12.0 Å². The second-order valence-electron chi connectivity index (χ2n) is 8.28. The van der Waals surface area contributed by atoms with Gasteiger partial charge in [0.2, 0.25) is 0 Å². The van der Waals surface area contributed by atoms with Crippen molar-refractivity contribution in [1.29, 1.82) is 0 Å². The van der Waals surface area contributed by atoms with Crippen LogP contribution in [-0.2, 0) is 25.8 Å². The Morgan fingerprint density at radius 1 is 0.931 bits per heavy atom. The molecule has 0 heterocycles. The number of hydrogen-bond donors (Lipinski definition) is 0. The van der Waals surface area contributed by atoms with Crippen molar-refractivity contribution in [3.63, 3.8) is 0 Å². The third kappa shape index (κ3) is 3.45. The molecular weight excluding hydrogens is 531 g/mol. The van der Waals surface area contributed by atoms with Crippen molar-refractivity contribution < 1.29 is 25.8 Å². The second-order valence-corrected chi connectivity index (χ2v) is 10.8. The summed E-state index contributed by atoms with van der Waals surface area (Å²) in [6.07, 6.45) is 11.6. The van der Waals surface area contributed by atoms with E-state index in [0.717, 1.165) is 6.42 Å². The van der Waals surface area contributed by atoms with E-state index in [1.54, 1.807) is 0 Å². The first-order valence-corrected chi connectivity index (χ1v) is 12.8. The van der Waals surface area contributed by atoms with E-state index in [2.05, 4.69) is 98.5 Å². The quantitative estimate of drug-likeness (QED) is 0.293. The van der Waals surface area contributed by atoms with Crippen molar-refractivity contribution >= 4 is 14.1 Å². The van der Waals surface area contributed by atoms with E-state index >= 15 is 0 Å². The molecule has 142 valence electrons. The molecule has 5 rings (SSSR count). The number of fused-ring (bicyclic) bond motifs is 4. The zero-order valence-corrected chi connectivity index (χ0v) is 21.9. The first kappa shape index (κ1) is 20.6. The maximum atomic E-state index is 3.73. The van der Waals surface area contributed by atoms with Gasteiger partial charge in [0.25, 0.3) is 0 Å². The molecule has 29 heavy (non-hydrogen) atoms. The fourth-order valence-corrected chi connectivity index (χ4v) is 6.22. The maximum absolute atomic E-state index is 3.73. The van der Waals surface area contributed by atoms with E-state index in [-0.39, 0.29) is 25.8 Å². The van der Waals surface area contributed by atoms with Crippen LogP contribution in [0.1, 0.15) is 30.4 Å². The van der Waals surface area contributed by atoms with Gasteiger partial charge in [-0.3, -0.25) is 0 Å². The molecule has 2 heteroatoms. The molecule has 0 saturated heterocycles. The molecule has 1 atom stereocenters. The molecule has 0 amide bonds. The van der Waals surface area contributed by atoms with Crippen molar-refractivity contribution in [2.45, 2.75) is 32.4 Å². The number of allylic oxidation sites excluding steroid dienone is 8. The van der Waals surface area contributed by atoms with E-state index in [4.69, 9.17) is 0 Å². The van der Waals surface area contributed by atoms with Gasteiger partial charge >= 0.3 is 0 Å². The van der Waals surface area contributed by atoms with Crippen LogP contribution in [-0.4, -0.2) is 14.1 Å². The smallest absolute Gasteiger partial charge is 0 e. The Hall–Kier alpha value is -1.64. The molecule has 0 radical (unpaired) electrons. The monoisotopic (exact) mass is 557 g/mol. The summed E-state index contributed by atoms with van der Waals surface area (Å²) < 4.78 is 0. The molecule has 0 bridgehead atoms. The third-order valence-corrected chi connectivity index (χ3v) is 7.19. The van der Waals surface area contributed by atoms with Gasteiger partial charge < -0.3 is 0 Å². The molecule has 3 aliphatic rings. The van der Waals surface area contributed by atoms with Crippen LogP contribution in [0.2, 0.25) is 13.1 Å². The topological polar surface area (TPSA) is 0 Å². The molecule has 0 spiro atoms. The molecule has 0 aromatic heterocycles. The minimum Gasteiger partial charge on any atom is -0.154 e. The van der Waals surface area contributed by atoms with Crippen LogP contribution in [0.15, 0.2) is 89.1 Å². The first-order valence-electron chi connectivity index (χ1n) is 10.2. The summed E-state index contributed by atoms with van der Waals surface area (Å²) in [7, 11) is -0.428. The number of benzene rings is 2. The molecule has 1 unspecified atom stereocenters. The van der Waals surface area contributed by atoms with E-state index in [1.165, 1.54) is 44.5 Å². The molecule has 0 N–H and O–H groups in total. The Balaban J connectivity index is 0.00000205. The van der Waals surface area contributed by atoms with E-state index in [9.17, 15) is 0 Å². The van der Waals surface area contributed by atoms with Crippen LogP contribution in [0.4, 0.5) is 0 Å². The summed E-state index contributed by atoms with van der Waals surface area (Å²) in [5, 5.41) is 0. The first-order chi connectivity index (χ1) is 13.6. The van der Waals surface area contributed by atoms with Gasteiger partial charge in [0, 0.05) is 25.8 Å². The molecule has 2 aromatic carbocycles. The average Bonchev–Trinajstić information content (AvgIpc) is 3.11. The maximum Gasteiger partial charge on any atom is 0 e. The van der Waals surface area contributed by atoms with Crippen LogP contribution < -0.4 is 0 Å². The average molecular weight is 556 g/mol. The standard InChI is InChI=1S/C27H25Si.Hf/c1-18-16-19-10-4-5-11-20(17-28(2)3)26(19)25(18)27-23-14-8-6-12-21(23)22-13-7-9-15-24(22)27;/h4-10,12-15,17,20,27H,11H2,1-3H3;/q-1;. The van der Waals surface area contributed by atoms with E-state index < -0.39 is 8.41 Å². The Kier molecular flexibility index (Phi) is 5.86. The summed E-state index contributed by atoms with van der Waals surface area (Å²) >= 11 is 0. The Morgan fingerprint density at radius 3 is 2.17 bits per heavy atom. The minimum atomic E-state index is -0.428. The van der Waals surface area contributed by atoms with Gasteiger partial charge in [0.1, 0.15) is 0 Å². The van der Waals surface area contributed by atoms with Crippen molar-refractivity contribution in [2.75, 3.05) is 0 Å². The van der Waals surface area contributed by atoms with Gasteiger partial charge in [0.15, 0.2) is 0 Å². The predicted molar refractivity (Wildman–Crippen MR) is 122 cm³/mol. The predicted octanol–water partition coefficient (Wildman–Crippen LogP) is 6.50. The summed E-state index contributed by atoms with van der Waals surface area (Å²) in [5.41, 5.74) is 13.9. The molecule has 0 fully saturated rings. The molecule has 0 aliphatic heterocycles.